The molecule has 9 nitrogen and oxygen atoms in total. The zero-order chi connectivity index (χ0) is 22.9. The maximum absolute atomic E-state index is 12.9. The van der Waals surface area contributed by atoms with Gasteiger partial charge in [-0.05, 0) is 58.2 Å². The molecule has 0 saturated carbocycles. The van der Waals surface area contributed by atoms with Crippen molar-refractivity contribution in [2.45, 2.75) is 26.4 Å². The van der Waals surface area contributed by atoms with E-state index in [0.717, 1.165) is 36.5 Å². The summed E-state index contributed by atoms with van der Waals surface area (Å²) in [6.07, 6.45) is 2.48. The van der Waals surface area contributed by atoms with E-state index in [-0.39, 0.29) is 11.7 Å². The molecule has 1 aliphatic heterocycles. The first kappa shape index (κ1) is 21.8. The number of carbonyl (C=O) groups is 2. The van der Waals surface area contributed by atoms with Crippen molar-refractivity contribution >= 4 is 34.4 Å². The maximum atomic E-state index is 12.9. The second kappa shape index (κ2) is 8.58. The van der Waals surface area contributed by atoms with Crippen molar-refractivity contribution in [3.8, 4) is 0 Å². The van der Waals surface area contributed by atoms with Gasteiger partial charge in [0.2, 0.25) is 0 Å². The predicted octanol–water partition coefficient (Wildman–Crippen LogP) is 3.22. The molecule has 1 saturated heterocycles. The third-order valence-electron chi connectivity index (χ3n) is 5.28. The monoisotopic (exact) mass is 436 g/mol. The highest BCUT2D eigenvalue weighted by Gasteiger charge is 2.23. The average Bonchev–Trinajstić information content (AvgIpc) is 3.12. The molecule has 2 aromatic heterocycles. The average molecular weight is 437 g/mol. The number of amides is 1. The van der Waals surface area contributed by atoms with E-state index in [9.17, 15) is 9.59 Å². The summed E-state index contributed by atoms with van der Waals surface area (Å²) in [5, 5.41) is 7.72. The third-order valence-corrected chi connectivity index (χ3v) is 5.28. The Morgan fingerprint density at radius 2 is 1.72 bits per heavy atom. The zero-order valence-electron chi connectivity index (χ0n) is 18.8. The summed E-state index contributed by atoms with van der Waals surface area (Å²) in [4.78, 5) is 34.1. The van der Waals surface area contributed by atoms with Crippen LogP contribution in [0.3, 0.4) is 0 Å². The Morgan fingerprint density at radius 1 is 1.03 bits per heavy atom. The summed E-state index contributed by atoms with van der Waals surface area (Å²) in [5.41, 5.74) is 1.40. The molecule has 9 heteroatoms. The van der Waals surface area contributed by atoms with Crippen molar-refractivity contribution < 1.29 is 14.3 Å². The lowest BCUT2D eigenvalue weighted by Gasteiger charge is -2.34. The predicted molar refractivity (Wildman–Crippen MR) is 123 cm³/mol. The molecule has 1 aliphatic rings. The molecule has 0 bridgehead atoms. The Bertz CT molecular complexity index is 1120. The van der Waals surface area contributed by atoms with Crippen molar-refractivity contribution in [2.75, 3.05) is 43.4 Å². The highest BCUT2D eigenvalue weighted by molar-refractivity contribution is 6.08. The molecule has 1 amide bonds. The fourth-order valence-corrected chi connectivity index (χ4v) is 3.57. The number of aromatic nitrogens is 3. The molecule has 0 unspecified atom stereocenters. The minimum Gasteiger partial charge on any atom is -0.442 e. The van der Waals surface area contributed by atoms with E-state index in [1.165, 1.54) is 6.20 Å². The topological polar surface area (TPSA) is 92.6 Å². The molecule has 4 rings (SSSR count). The summed E-state index contributed by atoms with van der Waals surface area (Å²) >= 11 is 0. The number of hydrogen-bond donors (Lipinski definition) is 1. The zero-order valence-corrected chi connectivity index (χ0v) is 18.8. The summed E-state index contributed by atoms with van der Waals surface area (Å²) < 4.78 is 6.55. The molecule has 3 aromatic rings. The van der Waals surface area contributed by atoms with Gasteiger partial charge >= 0.3 is 6.09 Å². The van der Waals surface area contributed by atoms with Gasteiger partial charge in [-0.25, -0.2) is 4.79 Å². The van der Waals surface area contributed by atoms with Crippen LogP contribution in [-0.2, 0) is 4.74 Å². The van der Waals surface area contributed by atoms with Crippen molar-refractivity contribution in [1.82, 2.24) is 19.7 Å². The molecule has 1 N–H and O–H groups in total. The summed E-state index contributed by atoms with van der Waals surface area (Å²) in [5.74, 6) is -0.0242. The van der Waals surface area contributed by atoms with E-state index >= 15 is 0 Å². The first-order valence-electron chi connectivity index (χ1n) is 10.6. The second-order valence-electron chi connectivity index (χ2n) is 8.92. The van der Waals surface area contributed by atoms with Crippen LogP contribution in [-0.4, -0.2) is 70.5 Å². The number of piperazine rings is 1. The van der Waals surface area contributed by atoms with Crippen molar-refractivity contribution in [3.63, 3.8) is 0 Å². The Kier molecular flexibility index (Phi) is 5.84. The molecular formula is C23H28N6O3. The highest BCUT2D eigenvalue weighted by atomic mass is 16.6. The minimum absolute atomic E-state index is 0.279. The van der Waals surface area contributed by atoms with Crippen LogP contribution < -0.4 is 10.2 Å². The van der Waals surface area contributed by atoms with E-state index in [1.807, 2.05) is 12.1 Å². The SMILES string of the molecule is CN1CCN(c2ccc(C(=O)Nc3nn(C(=O)OC(C)(C)C)c4cnccc34)cc2)CC1. The van der Waals surface area contributed by atoms with Gasteiger partial charge in [0, 0.05) is 49.0 Å². The molecule has 3 heterocycles. The number of fused-ring (bicyclic) bond motifs is 1. The van der Waals surface area contributed by atoms with E-state index in [2.05, 4.69) is 32.2 Å². The van der Waals surface area contributed by atoms with Crippen molar-refractivity contribution in [3.05, 3.63) is 48.3 Å². The molecule has 168 valence electrons. The molecule has 0 atom stereocenters. The number of ether oxygens (including phenoxy) is 1. The van der Waals surface area contributed by atoms with Gasteiger partial charge in [0.1, 0.15) is 11.1 Å². The number of likely N-dealkylation sites (N-methyl/N-ethyl adjacent to an activating group) is 1. The van der Waals surface area contributed by atoms with Crippen LogP contribution in [0.15, 0.2) is 42.7 Å². The first-order valence-corrected chi connectivity index (χ1v) is 10.6. The Balaban J connectivity index is 1.53. The smallest absolute Gasteiger partial charge is 0.435 e. The van der Waals surface area contributed by atoms with E-state index in [0.29, 0.717) is 16.5 Å². The van der Waals surface area contributed by atoms with Crippen LogP contribution in [0.4, 0.5) is 16.3 Å². The van der Waals surface area contributed by atoms with E-state index in [1.54, 1.807) is 45.2 Å². The summed E-state index contributed by atoms with van der Waals surface area (Å²) in [7, 11) is 2.12. The number of hydrogen-bond acceptors (Lipinski definition) is 7. The van der Waals surface area contributed by atoms with Crippen LogP contribution in [0.25, 0.3) is 10.9 Å². The van der Waals surface area contributed by atoms with Crippen LogP contribution >= 0.6 is 0 Å². The van der Waals surface area contributed by atoms with Crippen LogP contribution in [0.2, 0.25) is 0 Å². The Hall–Kier alpha value is -3.46. The Morgan fingerprint density at radius 3 is 2.38 bits per heavy atom. The van der Waals surface area contributed by atoms with Crippen LogP contribution in [0.1, 0.15) is 31.1 Å². The molecule has 1 fully saturated rings. The number of pyridine rings is 1. The lowest BCUT2D eigenvalue weighted by atomic mass is 10.1. The fraction of sp³-hybridized carbons (Fsp3) is 0.391. The number of nitrogens with one attached hydrogen (secondary N) is 1. The van der Waals surface area contributed by atoms with Crippen LogP contribution in [0.5, 0.6) is 0 Å². The van der Waals surface area contributed by atoms with E-state index < -0.39 is 11.7 Å². The van der Waals surface area contributed by atoms with Gasteiger partial charge < -0.3 is 19.9 Å². The molecular weight excluding hydrogens is 408 g/mol. The van der Waals surface area contributed by atoms with Crippen molar-refractivity contribution in [1.29, 1.82) is 0 Å². The lowest BCUT2D eigenvalue weighted by Crippen LogP contribution is -2.44. The van der Waals surface area contributed by atoms with Gasteiger partial charge in [0.15, 0.2) is 5.82 Å². The first-order chi connectivity index (χ1) is 15.2. The molecule has 0 spiro atoms. The summed E-state index contributed by atoms with van der Waals surface area (Å²) in [6.45, 7) is 9.30. The molecule has 1 aromatic carbocycles. The number of benzene rings is 1. The van der Waals surface area contributed by atoms with Crippen LogP contribution in [0, 0.1) is 0 Å². The van der Waals surface area contributed by atoms with Crippen molar-refractivity contribution in [2.24, 2.45) is 0 Å². The number of carbonyl (C=O) groups excluding carboxylic acids is 2. The van der Waals surface area contributed by atoms with Gasteiger partial charge in [-0.2, -0.15) is 4.68 Å². The Labute approximate surface area is 187 Å². The maximum Gasteiger partial charge on any atom is 0.435 e. The number of nitrogens with zero attached hydrogens (tertiary/aromatic N) is 5. The number of anilines is 2. The number of rotatable bonds is 3. The standard InChI is InChI=1S/C23H28N6O3/c1-23(2,3)32-22(31)29-19-15-24-10-9-18(19)20(26-29)25-21(30)16-5-7-17(8-6-16)28-13-11-27(4)12-14-28/h5-10,15H,11-14H2,1-4H3,(H,25,26,30). The molecule has 0 radical (unpaired) electrons. The normalized spacial score (nSPS) is 15.1. The third kappa shape index (κ3) is 4.72. The fourth-order valence-electron chi connectivity index (χ4n) is 3.57. The van der Waals surface area contributed by atoms with Gasteiger partial charge in [-0.3, -0.25) is 9.78 Å². The highest BCUT2D eigenvalue weighted by Crippen LogP contribution is 2.24. The molecule has 0 aliphatic carbocycles. The quantitative estimate of drug-likeness (QED) is 0.674. The van der Waals surface area contributed by atoms with Gasteiger partial charge in [0.05, 0.1) is 6.20 Å². The largest absolute Gasteiger partial charge is 0.442 e. The van der Waals surface area contributed by atoms with Gasteiger partial charge in [-0.1, -0.05) is 0 Å². The van der Waals surface area contributed by atoms with Gasteiger partial charge in [-0.15, -0.1) is 5.10 Å². The molecule has 32 heavy (non-hydrogen) atoms. The van der Waals surface area contributed by atoms with E-state index in [4.69, 9.17) is 4.74 Å². The second-order valence-corrected chi connectivity index (χ2v) is 8.92. The lowest BCUT2D eigenvalue weighted by molar-refractivity contribution is 0.0522. The minimum atomic E-state index is -0.674. The van der Waals surface area contributed by atoms with Gasteiger partial charge in [0.25, 0.3) is 5.91 Å². The summed E-state index contributed by atoms with van der Waals surface area (Å²) in [6, 6.07) is 9.23.